The molecule has 2 aromatic heterocycles. The second-order valence-corrected chi connectivity index (χ2v) is 3.73. The molecule has 0 amide bonds. The molecule has 16 heavy (non-hydrogen) atoms. The number of nitrogens with zero attached hydrogens (tertiary/aromatic N) is 3. The highest BCUT2D eigenvalue weighted by atomic mass is 15.4. The van der Waals surface area contributed by atoms with Crippen LogP contribution in [0.15, 0.2) is 43.2 Å². The van der Waals surface area contributed by atoms with Crippen molar-refractivity contribution in [3.63, 3.8) is 0 Å². The Hall–Kier alpha value is -1.84. The third-order valence-electron chi connectivity index (χ3n) is 2.47. The topological polar surface area (TPSA) is 42.7 Å². The Kier molecular flexibility index (Phi) is 3.53. The van der Waals surface area contributed by atoms with Gasteiger partial charge in [0.05, 0.1) is 6.04 Å². The van der Waals surface area contributed by atoms with Crippen LogP contribution < -0.4 is 5.43 Å². The molecule has 1 atom stereocenters. The molecule has 0 saturated carbocycles. The number of pyridine rings is 1. The average molecular weight is 216 g/mol. The van der Waals surface area contributed by atoms with E-state index in [0.717, 1.165) is 12.8 Å². The first-order valence-electron chi connectivity index (χ1n) is 5.54. The summed E-state index contributed by atoms with van der Waals surface area (Å²) >= 11 is 0. The molecule has 2 aromatic rings. The van der Waals surface area contributed by atoms with Crippen molar-refractivity contribution in [2.24, 2.45) is 0 Å². The highest BCUT2D eigenvalue weighted by Crippen LogP contribution is 2.18. The standard InChI is InChI=1S/C12H16N4/c1-2-4-12(11-5-3-6-13-9-11)15-16-8-7-14-10-16/h3,5-10,12,15H,2,4H2,1H3. The van der Waals surface area contributed by atoms with Crippen molar-refractivity contribution >= 4 is 0 Å². The van der Waals surface area contributed by atoms with Gasteiger partial charge in [0.25, 0.3) is 0 Å². The monoisotopic (exact) mass is 216 g/mol. The predicted octanol–water partition coefficient (Wildman–Crippen LogP) is 2.36. The summed E-state index contributed by atoms with van der Waals surface area (Å²) in [6.45, 7) is 2.18. The number of nitrogens with one attached hydrogen (secondary N) is 1. The first-order chi connectivity index (χ1) is 7.90. The van der Waals surface area contributed by atoms with E-state index in [9.17, 15) is 0 Å². The van der Waals surface area contributed by atoms with Gasteiger partial charge in [0, 0.05) is 24.8 Å². The zero-order valence-corrected chi connectivity index (χ0v) is 9.37. The van der Waals surface area contributed by atoms with Crippen molar-refractivity contribution in [1.82, 2.24) is 14.6 Å². The van der Waals surface area contributed by atoms with Gasteiger partial charge in [-0.05, 0) is 18.1 Å². The lowest BCUT2D eigenvalue weighted by molar-refractivity contribution is 0.607. The van der Waals surface area contributed by atoms with E-state index in [-0.39, 0.29) is 6.04 Å². The molecule has 0 radical (unpaired) electrons. The molecule has 0 fully saturated rings. The molecule has 1 N–H and O–H groups in total. The van der Waals surface area contributed by atoms with Gasteiger partial charge in [-0.25, -0.2) is 4.98 Å². The lowest BCUT2D eigenvalue weighted by Gasteiger charge is -2.19. The van der Waals surface area contributed by atoms with E-state index in [1.807, 2.05) is 23.1 Å². The van der Waals surface area contributed by atoms with Crippen molar-refractivity contribution < 1.29 is 0 Å². The van der Waals surface area contributed by atoms with Gasteiger partial charge in [-0.1, -0.05) is 19.4 Å². The van der Waals surface area contributed by atoms with Crippen LogP contribution >= 0.6 is 0 Å². The number of imidazole rings is 1. The van der Waals surface area contributed by atoms with Gasteiger partial charge in [0.15, 0.2) is 0 Å². The largest absolute Gasteiger partial charge is 0.317 e. The van der Waals surface area contributed by atoms with Crippen LogP contribution in [0, 0.1) is 0 Å². The van der Waals surface area contributed by atoms with Crippen molar-refractivity contribution in [2.45, 2.75) is 25.8 Å². The molecule has 1 unspecified atom stereocenters. The molecule has 2 heterocycles. The Morgan fingerprint density at radius 3 is 2.94 bits per heavy atom. The summed E-state index contributed by atoms with van der Waals surface area (Å²) in [5.41, 5.74) is 4.60. The minimum absolute atomic E-state index is 0.285. The Morgan fingerprint density at radius 2 is 2.31 bits per heavy atom. The number of hydrogen-bond donors (Lipinski definition) is 1. The zero-order chi connectivity index (χ0) is 11.2. The maximum absolute atomic E-state index is 4.15. The van der Waals surface area contributed by atoms with E-state index >= 15 is 0 Å². The fourth-order valence-corrected chi connectivity index (χ4v) is 1.69. The van der Waals surface area contributed by atoms with Gasteiger partial charge in [0.1, 0.15) is 6.33 Å². The predicted molar refractivity (Wildman–Crippen MR) is 63.5 cm³/mol. The van der Waals surface area contributed by atoms with E-state index in [4.69, 9.17) is 0 Å². The summed E-state index contributed by atoms with van der Waals surface area (Å²) in [5.74, 6) is 0. The molecule has 0 aliphatic rings. The lowest BCUT2D eigenvalue weighted by atomic mass is 10.1. The third-order valence-corrected chi connectivity index (χ3v) is 2.47. The Labute approximate surface area is 95.3 Å². The van der Waals surface area contributed by atoms with Gasteiger partial charge in [-0.3, -0.25) is 9.66 Å². The highest BCUT2D eigenvalue weighted by molar-refractivity contribution is 5.16. The first-order valence-corrected chi connectivity index (χ1v) is 5.54. The smallest absolute Gasteiger partial charge is 0.114 e. The van der Waals surface area contributed by atoms with E-state index in [2.05, 4.69) is 28.4 Å². The van der Waals surface area contributed by atoms with E-state index < -0.39 is 0 Å². The van der Waals surface area contributed by atoms with Crippen LogP contribution in [0.3, 0.4) is 0 Å². The molecule has 0 bridgehead atoms. The molecule has 0 saturated heterocycles. The highest BCUT2D eigenvalue weighted by Gasteiger charge is 2.09. The maximum Gasteiger partial charge on any atom is 0.114 e. The van der Waals surface area contributed by atoms with Crippen molar-refractivity contribution in [3.8, 4) is 0 Å². The number of hydrogen-bond acceptors (Lipinski definition) is 3. The van der Waals surface area contributed by atoms with E-state index in [1.165, 1.54) is 5.56 Å². The van der Waals surface area contributed by atoms with Gasteiger partial charge in [-0.2, -0.15) is 0 Å². The van der Waals surface area contributed by atoms with E-state index in [0.29, 0.717) is 0 Å². The zero-order valence-electron chi connectivity index (χ0n) is 9.37. The summed E-state index contributed by atoms with van der Waals surface area (Å²) in [5, 5.41) is 0. The van der Waals surface area contributed by atoms with Gasteiger partial charge >= 0.3 is 0 Å². The SMILES string of the molecule is CCCC(Nn1ccnc1)c1cccnc1. The van der Waals surface area contributed by atoms with Crippen LogP contribution in [-0.2, 0) is 0 Å². The molecular weight excluding hydrogens is 200 g/mol. The van der Waals surface area contributed by atoms with Crippen molar-refractivity contribution in [1.29, 1.82) is 0 Å². The van der Waals surface area contributed by atoms with Crippen LogP contribution in [0.1, 0.15) is 31.4 Å². The minimum atomic E-state index is 0.285. The number of aromatic nitrogens is 3. The quantitative estimate of drug-likeness (QED) is 0.834. The molecule has 2 rings (SSSR count). The average Bonchev–Trinajstić information content (AvgIpc) is 2.83. The van der Waals surface area contributed by atoms with Gasteiger partial charge in [-0.15, -0.1) is 0 Å². The van der Waals surface area contributed by atoms with Crippen LogP contribution in [0.25, 0.3) is 0 Å². The van der Waals surface area contributed by atoms with Crippen LogP contribution in [0.2, 0.25) is 0 Å². The van der Waals surface area contributed by atoms with Crippen LogP contribution in [0.4, 0.5) is 0 Å². The molecule has 4 heteroatoms. The van der Waals surface area contributed by atoms with Crippen LogP contribution in [-0.4, -0.2) is 14.6 Å². The second kappa shape index (κ2) is 5.30. The normalized spacial score (nSPS) is 12.3. The Morgan fingerprint density at radius 1 is 1.38 bits per heavy atom. The molecule has 4 nitrogen and oxygen atoms in total. The maximum atomic E-state index is 4.15. The summed E-state index contributed by atoms with van der Waals surface area (Å²) < 4.78 is 1.88. The van der Waals surface area contributed by atoms with Gasteiger partial charge in [0.2, 0.25) is 0 Å². The van der Waals surface area contributed by atoms with Gasteiger partial charge < -0.3 is 5.43 Å². The summed E-state index contributed by atoms with van der Waals surface area (Å²) in [6.07, 6.45) is 11.3. The summed E-state index contributed by atoms with van der Waals surface area (Å²) in [6, 6.07) is 4.35. The fourth-order valence-electron chi connectivity index (χ4n) is 1.69. The van der Waals surface area contributed by atoms with Crippen molar-refractivity contribution in [3.05, 3.63) is 48.8 Å². The molecule has 0 spiro atoms. The van der Waals surface area contributed by atoms with E-state index in [1.54, 1.807) is 18.7 Å². The molecule has 0 aliphatic carbocycles. The molecule has 0 aromatic carbocycles. The number of rotatable bonds is 5. The first kappa shape index (κ1) is 10.7. The summed E-state index contributed by atoms with van der Waals surface area (Å²) in [7, 11) is 0. The molecule has 0 aliphatic heterocycles. The van der Waals surface area contributed by atoms with Crippen molar-refractivity contribution in [2.75, 3.05) is 5.43 Å². The fraction of sp³-hybridized carbons (Fsp3) is 0.333. The lowest BCUT2D eigenvalue weighted by Crippen LogP contribution is -2.19. The minimum Gasteiger partial charge on any atom is -0.317 e. The van der Waals surface area contributed by atoms with Crippen LogP contribution in [0.5, 0.6) is 0 Å². The molecule has 84 valence electrons. The second-order valence-electron chi connectivity index (χ2n) is 3.73. The summed E-state index contributed by atoms with van der Waals surface area (Å²) in [4.78, 5) is 8.17. The third kappa shape index (κ3) is 2.59. The Balaban J connectivity index is 2.11. The Bertz CT molecular complexity index is 396. The molecular formula is C12H16N4.